The van der Waals surface area contributed by atoms with Crippen molar-refractivity contribution in [3.05, 3.63) is 35.6 Å². The summed E-state index contributed by atoms with van der Waals surface area (Å²) in [5, 5.41) is 3.35. The van der Waals surface area contributed by atoms with Gasteiger partial charge in [-0.3, -0.25) is 4.99 Å². The third-order valence-electron chi connectivity index (χ3n) is 3.23. The number of hydrogen-bond acceptors (Lipinski definition) is 1. The Hall–Kier alpha value is -0.850. The van der Waals surface area contributed by atoms with E-state index in [4.69, 9.17) is 0 Å². The number of benzene rings is 1. The molecule has 1 N–H and O–H groups in total. The van der Waals surface area contributed by atoms with Gasteiger partial charge < -0.3 is 10.2 Å². The van der Waals surface area contributed by atoms with Crippen LogP contribution in [0.25, 0.3) is 0 Å². The molecule has 1 aromatic carbocycles. The van der Waals surface area contributed by atoms with E-state index in [1.165, 1.54) is 18.9 Å². The normalized spacial score (nSPS) is 11.0. The van der Waals surface area contributed by atoms with Gasteiger partial charge in [-0.15, -0.1) is 24.0 Å². The van der Waals surface area contributed by atoms with E-state index in [1.54, 1.807) is 19.2 Å². The summed E-state index contributed by atoms with van der Waals surface area (Å²) in [6, 6.07) is 6.80. The predicted octanol–water partition coefficient (Wildman–Crippen LogP) is 3.68. The van der Waals surface area contributed by atoms with Crippen molar-refractivity contribution in [1.82, 2.24) is 10.2 Å². The van der Waals surface area contributed by atoms with Crippen LogP contribution in [0.15, 0.2) is 29.3 Å². The van der Waals surface area contributed by atoms with E-state index in [1.807, 2.05) is 6.07 Å². The summed E-state index contributed by atoms with van der Waals surface area (Å²) in [4.78, 5) is 6.42. The van der Waals surface area contributed by atoms with Crippen LogP contribution in [0.2, 0.25) is 0 Å². The van der Waals surface area contributed by atoms with E-state index in [0.717, 1.165) is 37.5 Å². The van der Waals surface area contributed by atoms with Crippen LogP contribution in [0.1, 0.15) is 31.7 Å². The standard InChI is InChI=1S/C16H26FN3.HI/c1-4-5-12-20(3)16(18-2)19-11-7-9-14-8-6-10-15(17)13-14;/h6,8,10,13H,4-5,7,9,11-12H2,1-3H3,(H,18,19);1H. The summed E-state index contributed by atoms with van der Waals surface area (Å²) in [7, 11) is 3.86. The Balaban J connectivity index is 0.00000400. The molecule has 0 saturated heterocycles. The summed E-state index contributed by atoms with van der Waals surface area (Å²) in [6.45, 7) is 4.04. The first kappa shape index (κ1) is 20.1. The van der Waals surface area contributed by atoms with Gasteiger partial charge in [0, 0.05) is 27.2 Å². The number of hydrogen-bond donors (Lipinski definition) is 1. The summed E-state index contributed by atoms with van der Waals surface area (Å²) < 4.78 is 13.0. The molecule has 0 aliphatic heterocycles. The molecule has 120 valence electrons. The summed E-state index contributed by atoms with van der Waals surface area (Å²) in [5.41, 5.74) is 1.04. The highest BCUT2D eigenvalue weighted by atomic mass is 127. The zero-order valence-electron chi connectivity index (χ0n) is 13.2. The van der Waals surface area contributed by atoms with E-state index in [0.29, 0.717) is 0 Å². The second-order valence-corrected chi connectivity index (χ2v) is 4.98. The lowest BCUT2D eigenvalue weighted by Crippen LogP contribution is -2.39. The van der Waals surface area contributed by atoms with Crippen molar-refractivity contribution < 1.29 is 4.39 Å². The SMILES string of the molecule is CCCCN(C)C(=NC)NCCCc1cccc(F)c1.I. The first-order valence-corrected chi connectivity index (χ1v) is 7.33. The van der Waals surface area contributed by atoms with Crippen molar-refractivity contribution in [3.63, 3.8) is 0 Å². The molecule has 0 unspecified atom stereocenters. The lowest BCUT2D eigenvalue weighted by atomic mass is 10.1. The Bertz CT molecular complexity index is 424. The van der Waals surface area contributed by atoms with E-state index in [9.17, 15) is 4.39 Å². The number of nitrogens with one attached hydrogen (secondary N) is 1. The fourth-order valence-corrected chi connectivity index (χ4v) is 2.07. The van der Waals surface area contributed by atoms with Crippen LogP contribution < -0.4 is 5.32 Å². The molecule has 21 heavy (non-hydrogen) atoms. The number of unbranched alkanes of at least 4 members (excludes halogenated alkanes) is 1. The van der Waals surface area contributed by atoms with Gasteiger partial charge in [0.2, 0.25) is 0 Å². The van der Waals surface area contributed by atoms with Crippen LogP contribution >= 0.6 is 24.0 Å². The van der Waals surface area contributed by atoms with Crippen LogP contribution in [0.5, 0.6) is 0 Å². The number of halogens is 2. The third-order valence-corrected chi connectivity index (χ3v) is 3.23. The van der Waals surface area contributed by atoms with Crippen molar-refractivity contribution in [1.29, 1.82) is 0 Å². The zero-order chi connectivity index (χ0) is 14.8. The predicted molar refractivity (Wildman–Crippen MR) is 99.0 cm³/mol. The molecular formula is C16H27FIN3. The van der Waals surface area contributed by atoms with Gasteiger partial charge in [-0.2, -0.15) is 0 Å². The van der Waals surface area contributed by atoms with E-state index in [-0.39, 0.29) is 29.8 Å². The van der Waals surface area contributed by atoms with Gasteiger partial charge >= 0.3 is 0 Å². The molecule has 0 saturated carbocycles. The highest BCUT2D eigenvalue weighted by Crippen LogP contribution is 2.05. The molecule has 1 aromatic rings. The maximum absolute atomic E-state index is 13.0. The second-order valence-electron chi connectivity index (χ2n) is 4.98. The van der Waals surface area contributed by atoms with E-state index in [2.05, 4.69) is 29.2 Å². The van der Waals surface area contributed by atoms with Gasteiger partial charge in [-0.05, 0) is 37.0 Å². The van der Waals surface area contributed by atoms with Gasteiger partial charge in [0.15, 0.2) is 5.96 Å². The van der Waals surface area contributed by atoms with E-state index < -0.39 is 0 Å². The quantitative estimate of drug-likeness (QED) is 0.323. The molecule has 0 atom stereocenters. The van der Waals surface area contributed by atoms with Crippen molar-refractivity contribution in [3.8, 4) is 0 Å². The van der Waals surface area contributed by atoms with Crippen molar-refractivity contribution in [2.24, 2.45) is 4.99 Å². The van der Waals surface area contributed by atoms with Crippen LogP contribution in [0, 0.1) is 5.82 Å². The molecule has 0 spiro atoms. The number of nitrogens with zero attached hydrogens (tertiary/aromatic N) is 2. The molecule has 0 fully saturated rings. The second kappa shape index (κ2) is 11.8. The molecule has 3 nitrogen and oxygen atoms in total. The van der Waals surface area contributed by atoms with Gasteiger partial charge in [-0.1, -0.05) is 25.5 Å². The fourth-order valence-electron chi connectivity index (χ4n) is 2.07. The molecule has 0 aliphatic rings. The number of guanidine groups is 1. The third kappa shape index (κ3) is 8.24. The van der Waals surface area contributed by atoms with Crippen LogP contribution in [-0.4, -0.2) is 38.0 Å². The average Bonchev–Trinajstić information content (AvgIpc) is 2.45. The summed E-state index contributed by atoms with van der Waals surface area (Å²) in [6.07, 6.45) is 4.19. The smallest absolute Gasteiger partial charge is 0.193 e. The Kier molecular flexibility index (Phi) is 11.3. The Morgan fingerprint density at radius 2 is 2.10 bits per heavy atom. The highest BCUT2D eigenvalue weighted by Gasteiger charge is 2.04. The van der Waals surface area contributed by atoms with Crippen molar-refractivity contribution in [2.45, 2.75) is 32.6 Å². The minimum absolute atomic E-state index is 0. The monoisotopic (exact) mass is 407 g/mol. The molecule has 0 heterocycles. The van der Waals surface area contributed by atoms with Crippen LogP contribution in [0.3, 0.4) is 0 Å². The highest BCUT2D eigenvalue weighted by molar-refractivity contribution is 14.0. The van der Waals surface area contributed by atoms with Gasteiger partial charge in [0.05, 0.1) is 0 Å². The average molecular weight is 407 g/mol. The van der Waals surface area contributed by atoms with Crippen LogP contribution in [0.4, 0.5) is 4.39 Å². The topological polar surface area (TPSA) is 27.6 Å². The van der Waals surface area contributed by atoms with Gasteiger partial charge in [-0.25, -0.2) is 4.39 Å². The molecule has 1 rings (SSSR count). The zero-order valence-corrected chi connectivity index (χ0v) is 15.6. The molecule has 5 heteroatoms. The van der Waals surface area contributed by atoms with Crippen LogP contribution in [-0.2, 0) is 6.42 Å². The maximum atomic E-state index is 13.0. The summed E-state index contributed by atoms with van der Waals surface area (Å²) >= 11 is 0. The first-order chi connectivity index (χ1) is 9.67. The minimum Gasteiger partial charge on any atom is -0.356 e. The maximum Gasteiger partial charge on any atom is 0.193 e. The van der Waals surface area contributed by atoms with E-state index >= 15 is 0 Å². The Labute approximate surface area is 145 Å². The van der Waals surface area contributed by atoms with Gasteiger partial charge in [0.1, 0.15) is 5.82 Å². The largest absolute Gasteiger partial charge is 0.356 e. The number of rotatable bonds is 7. The lowest BCUT2D eigenvalue weighted by Gasteiger charge is -2.21. The minimum atomic E-state index is -0.162. The van der Waals surface area contributed by atoms with Crippen molar-refractivity contribution in [2.75, 3.05) is 27.2 Å². The van der Waals surface area contributed by atoms with Gasteiger partial charge in [0.25, 0.3) is 0 Å². The first-order valence-electron chi connectivity index (χ1n) is 7.33. The summed E-state index contributed by atoms with van der Waals surface area (Å²) in [5.74, 6) is 0.767. The molecule has 0 amide bonds. The number of aryl methyl sites for hydroxylation is 1. The van der Waals surface area contributed by atoms with Crippen molar-refractivity contribution >= 4 is 29.9 Å². The number of aliphatic imine (C=N–C) groups is 1. The molecule has 0 aliphatic carbocycles. The fraction of sp³-hybridized carbons (Fsp3) is 0.562. The Morgan fingerprint density at radius 1 is 1.33 bits per heavy atom. The molecule has 0 radical (unpaired) electrons. The molecular weight excluding hydrogens is 380 g/mol. The molecule has 0 bridgehead atoms. The molecule has 0 aromatic heterocycles. The Morgan fingerprint density at radius 3 is 2.71 bits per heavy atom. The lowest BCUT2D eigenvalue weighted by molar-refractivity contribution is 0.464.